The number of aliphatic hydroxyl groups excluding tert-OH is 2. The van der Waals surface area contributed by atoms with Crippen molar-refractivity contribution in [2.75, 3.05) is 0 Å². The highest BCUT2D eigenvalue weighted by Crippen LogP contribution is 1.74. The van der Waals surface area contributed by atoms with E-state index < -0.39 is 22.6 Å². The first-order valence-electron chi connectivity index (χ1n) is 3.38. The van der Waals surface area contributed by atoms with Gasteiger partial charge in [0.25, 0.3) is 10.2 Å². The third-order valence-electron chi connectivity index (χ3n) is 0.482. The lowest BCUT2D eigenvalue weighted by Crippen LogP contribution is -2.33. The summed E-state index contributed by atoms with van der Waals surface area (Å²) >= 11 is 0. The van der Waals surface area contributed by atoms with Crippen LogP contribution >= 0.6 is 0 Å². The minimum Gasteiger partial charge on any atom is -0.379 e. The van der Waals surface area contributed by atoms with Crippen LogP contribution < -0.4 is 5.32 Å². The molecule has 0 aromatic heterocycles. The summed E-state index contributed by atoms with van der Waals surface area (Å²) in [7, 11) is 0. The molecule has 0 aromatic carbocycles. The molecule has 0 fully saturated rings. The summed E-state index contributed by atoms with van der Waals surface area (Å²) < 4.78 is 0. The van der Waals surface area contributed by atoms with Crippen molar-refractivity contribution in [3.05, 3.63) is 20.2 Å². The zero-order valence-electron chi connectivity index (χ0n) is 7.97. The predicted molar refractivity (Wildman–Crippen MR) is 44.1 cm³/mol. The van der Waals surface area contributed by atoms with E-state index in [-0.39, 0.29) is 0 Å². The second kappa shape index (κ2) is 12.3. The van der Waals surface area contributed by atoms with E-state index in [2.05, 4.69) is 5.32 Å². The molecule has 11 nitrogen and oxygen atoms in total. The van der Waals surface area contributed by atoms with Gasteiger partial charge in [-0.15, -0.1) is 20.2 Å². The van der Waals surface area contributed by atoms with Gasteiger partial charge in [0, 0.05) is 0 Å². The molecule has 2 atom stereocenters. The SMILES string of the molecule is CC(O)NC(C)O.O=[N+]([O-])O.O=[N+]([O-])O. The summed E-state index contributed by atoms with van der Waals surface area (Å²) in [6.45, 7) is 3.10. The van der Waals surface area contributed by atoms with Gasteiger partial charge in [-0.3, -0.25) is 5.32 Å². The van der Waals surface area contributed by atoms with E-state index in [0.717, 1.165) is 0 Å². The zero-order chi connectivity index (χ0) is 13.0. The maximum absolute atomic E-state index is 8.45. The van der Waals surface area contributed by atoms with Gasteiger partial charge < -0.3 is 20.6 Å². The Hall–Kier alpha value is -1.72. The topological polar surface area (TPSA) is 179 Å². The van der Waals surface area contributed by atoms with Gasteiger partial charge in [0.2, 0.25) is 0 Å². The second-order valence-corrected chi connectivity index (χ2v) is 1.99. The molecule has 92 valence electrons. The summed E-state index contributed by atoms with van der Waals surface area (Å²) in [6.07, 6.45) is -1.25. The van der Waals surface area contributed by atoms with Gasteiger partial charge in [0.05, 0.1) is 0 Å². The van der Waals surface area contributed by atoms with Crippen LogP contribution in [0.25, 0.3) is 0 Å². The molecule has 0 amide bonds. The van der Waals surface area contributed by atoms with Crippen LogP contribution in [0.1, 0.15) is 13.8 Å². The molecule has 0 aliphatic carbocycles. The van der Waals surface area contributed by atoms with Gasteiger partial charge in [-0.05, 0) is 13.8 Å². The third kappa shape index (κ3) is 250. The molecule has 11 heteroatoms. The molecule has 0 saturated carbocycles. The number of hydrogen-bond donors (Lipinski definition) is 5. The van der Waals surface area contributed by atoms with E-state index in [1.807, 2.05) is 0 Å². The highest BCUT2D eigenvalue weighted by Gasteiger charge is 1.95. The van der Waals surface area contributed by atoms with Gasteiger partial charge in [0.1, 0.15) is 12.5 Å². The Bertz CT molecular complexity index is 145. The van der Waals surface area contributed by atoms with Crippen molar-refractivity contribution in [2.45, 2.75) is 26.3 Å². The normalized spacial score (nSPS) is 12.0. The molecule has 2 unspecified atom stereocenters. The van der Waals surface area contributed by atoms with Gasteiger partial charge >= 0.3 is 0 Å². The average molecular weight is 231 g/mol. The zero-order valence-corrected chi connectivity index (χ0v) is 7.97. The largest absolute Gasteiger partial charge is 0.379 e. The Kier molecular flexibility index (Phi) is 15.5. The lowest BCUT2D eigenvalue weighted by atomic mass is 10.6. The molecular formula is C4H13N3O8. The van der Waals surface area contributed by atoms with Gasteiger partial charge in [-0.1, -0.05) is 0 Å². The second-order valence-electron chi connectivity index (χ2n) is 1.99. The molecule has 0 saturated heterocycles. The van der Waals surface area contributed by atoms with Crippen LogP contribution in [0.15, 0.2) is 0 Å². The van der Waals surface area contributed by atoms with E-state index in [0.29, 0.717) is 0 Å². The van der Waals surface area contributed by atoms with Crippen molar-refractivity contribution in [3.63, 3.8) is 0 Å². The molecule has 0 rings (SSSR count). The fraction of sp³-hybridized carbons (Fsp3) is 1.00. The fourth-order valence-electron chi connectivity index (χ4n) is 0.349. The molecule has 0 bridgehead atoms. The van der Waals surface area contributed by atoms with Crippen LogP contribution in [0, 0.1) is 20.2 Å². The summed E-state index contributed by atoms with van der Waals surface area (Å²) in [5.74, 6) is 0. The minimum absolute atomic E-state index is 0.625. The van der Waals surface area contributed by atoms with Crippen molar-refractivity contribution >= 4 is 0 Å². The van der Waals surface area contributed by atoms with Gasteiger partial charge in [-0.2, -0.15) is 0 Å². The van der Waals surface area contributed by atoms with E-state index in [1.165, 1.54) is 0 Å². The maximum Gasteiger partial charge on any atom is 0.291 e. The summed E-state index contributed by atoms with van der Waals surface area (Å²) in [5, 5.41) is 46.6. The third-order valence-corrected chi connectivity index (χ3v) is 0.482. The number of hydrogen-bond acceptors (Lipinski definition) is 7. The Morgan fingerprint density at radius 1 is 1.00 bits per heavy atom. The van der Waals surface area contributed by atoms with Crippen LogP contribution in [0.2, 0.25) is 0 Å². The van der Waals surface area contributed by atoms with Gasteiger partial charge in [-0.25, -0.2) is 0 Å². The summed E-state index contributed by atoms with van der Waals surface area (Å²) in [5.41, 5.74) is 0. The molecule has 0 heterocycles. The highest BCUT2D eigenvalue weighted by atomic mass is 16.9. The molecule has 0 aliphatic rings. The van der Waals surface area contributed by atoms with Crippen molar-refractivity contribution in [1.29, 1.82) is 0 Å². The van der Waals surface area contributed by atoms with E-state index in [1.54, 1.807) is 13.8 Å². The van der Waals surface area contributed by atoms with Crippen LogP contribution in [-0.4, -0.2) is 43.3 Å². The first-order valence-corrected chi connectivity index (χ1v) is 3.38. The fourth-order valence-corrected chi connectivity index (χ4v) is 0.349. The Morgan fingerprint density at radius 3 is 1.13 bits per heavy atom. The summed E-state index contributed by atoms with van der Waals surface area (Å²) in [6, 6.07) is 0. The van der Waals surface area contributed by atoms with Crippen LogP contribution in [0.3, 0.4) is 0 Å². The smallest absolute Gasteiger partial charge is 0.291 e. The van der Waals surface area contributed by atoms with Gasteiger partial charge in [0.15, 0.2) is 0 Å². The minimum atomic E-state index is -1.50. The van der Waals surface area contributed by atoms with Crippen molar-refractivity contribution in [3.8, 4) is 0 Å². The maximum atomic E-state index is 8.45. The molecule has 0 aliphatic heterocycles. The van der Waals surface area contributed by atoms with E-state index in [9.17, 15) is 0 Å². The molecule has 0 aromatic rings. The van der Waals surface area contributed by atoms with E-state index in [4.69, 9.17) is 40.9 Å². The van der Waals surface area contributed by atoms with Crippen molar-refractivity contribution in [2.24, 2.45) is 0 Å². The lowest BCUT2D eigenvalue weighted by Gasteiger charge is -2.08. The first kappa shape index (κ1) is 18.9. The number of rotatable bonds is 2. The molecule has 15 heavy (non-hydrogen) atoms. The Labute approximate surface area is 83.8 Å². The van der Waals surface area contributed by atoms with Crippen molar-refractivity contribution in [1.82, 2.24) is 5.32 Å². The van der Waals surface area contributed by atoms with E-state index >= 15 is 0 Å². The number of nitrogens with zero attached hydrogens (tertiary/aromatic N) is 2. The first-order chi connectivity index (χ1) is 6.59. The molecular weight excluding hydrogens is 218 g/mol. The Balaban J connectivity index is -0.000000155. The summed E-state index contributed by atoms with van der Waals surface area (Å²) in [4.78, 5) is 16.7. The average Bonchev–Trinajstić information content (AvgIpc) is 1.78. The van der Waals surface area contributed by atoms with Crippen LogP contribution in [0.4, 0.5) is 0 Å². The van der Waals surface area contributed by atoms with Crippen LogP contribution in [0.5, 0.6) is 0 Å². The number of aliphatic hydroxyl groups is 2. The standard InChI is InChI=1S/C4H11NO2.2HNO3/c1-3(6)5-4(2)7;2*2-1(3)4/h3-7H,1-2H3;2*(H,2,3,4). The predicted octanol–water partition coefficient (Wildman–Crippen LogP) is -1.44. The van der Waals surface area contributed by atoms with Crippen molar-refractivity contribution < 1.29 is 30.8 Å². The quantitative estimate of drug-likeness (QED) is 0.216. The highest BCUT2D eigenvalue weighted by molar-refractivity contribution is 4.42. The van der Waals surface area contributed by atoms with Crippen LogP contribution in [-0.2, 0) is 0 Å². The molecule has 5 N–H and O–H groups in total. The molecule has 0 spiro atoms. The monoisotopic (exact) mass is 231 g/mol. The Morgan fingerprint density at radius 2 is 1.13 bits per heavy atom. The lowest BCUT2D eigenvalue weighted by molar-refractivity contribution is -0.742. The number of nitrogens with one attached hydrogen (secondary N) is 1. The molecule has 0 radical (unpaired) electrons.